The van der Waals surface area contributed by atoms with E-state index in [1.54, 1.807) is 22.2 Å². The molecule has 3 N–H and O–H groups in total. The van der Waals surface area contributed by atoms with Crippen molar-refractivity contribution in [2.24, 2.45) is 7.05 Å². The van der Waals surface area contributed by atoms with Gasteiger partial charge in [-0.1, -0.05) is 0 Å². The monoisotopic (exact) mass is 222 g/mol. The molecule has 2 heterocycles. The van der Waals surface area contributed by atoms with E-state index in [2.05, 4.69) is 34.2 Å². The molecule has 1 unspecified atom stereocenters. The van der Waals surface area contributed by atoms with Gasteiger partial charge in [0.25, 0.3) is 0 Å². The number of nitrogens with two attached hydrogens (primary N) is 1. The Morgan fingerprint density at radius 1 is 1.60 bits per heavy atom. The Kier molecular flexibility index (Phi) is 2.64. The molecule has 1 atom stereocenters. The highest BCUT2D eigenvalue weighted by atomic mass is 32.1. The summed E-state index contributed by atoms with van der Waals surface area (Å²) in [5, 5.41) is 11.7. The second kappa shape index (κ2) is 3.94. The fourth-order valence-electron chi connectivity index (χ4n) is 1.43. The van der Waals surface area contributed by atoms with Crippen molar-refractivity contribution in [3.63, 3.8) is 0 Å². The highest BCUT2D eigenvalue weighted by Crippen LogP contribution is 2.23. The highest BCUT2D eigenvalue weighted by Gasteiger charge is 2.09. The Hall–Kier alpha value is -1.49. The minimum atomic E-state index is 0.230. The summed E-state index contributed by atoms with van der Waals surface area (Å²) in [5.74, 6) is 0.746. The van der Waals surface area contributed by atoms with E-state index in [1.165, 1.54) is 5.56 Å². The standard InChI is InChI=1S/C10H14N4S/c1-7(8-3-4-15-6-8)12-10-9(11)5-14(2)13-10/h3-7H,11H2,1-2H3,(H,12,13). The lowest BCUT2D eigenvalue weighted by Gasteiger charge is -2.11. The van der Waals surface area contributed by atoms with Gasteiger partial charge in [0.2, 0.25) is 0 Å². The molecule has 0 saturated heterocycles. The molecule has 0 aromatic carbocycles. The molecule has 0 aliphatic rings. The highest BCUT2D eigenvalue weighted by molar-refractivity contribution is 7.07. The molecular formula is C10H14N4S. The summed E-state index contributed by atoms with van der Waals surface area (Å²) in [4.78, 5) is 0. The Labute approximate surface area is 92.7 Å². The van der Waals surface area contributed by atoms with Gasteiger partial charge in [-0.3, -0.25) is 4.68 Å². The van der Waals surface area contributed by atoms with E-state index in [9.17, 15) is 0 Å². The molecule has 2 aromatic heterocycles. The maximum atomic E-state index is 5.80. The quantitative estimate of drug-likeness (QED) is 0.837. The summed E-state index contributed by atoms with van der Waals surface area (Å²) >= 11 is 1.69. The molecule has 5 heteroatoms. The molecule has 0 radical (unpaired) electrons. The van der Waals surface area contributed by atoms with Gasteiger partial charge < -0.3 is 11.1 Å². The first-order valence-electron chi connectivity index (χ1n) is 4.74. The topological polar surface area (TPSA) is 55.9 Å². The Morgan fingerprint density at radius 2 is 2.40 bits per heavy atom. The zero-order valence-electron chi connectivity index (χ0n) is 8.77. The van der Waals surface area contributed by atoms with Crippen LogP contribution >= 0.6 is 11.3 Å². The van der Waals surface area contributed by atoms with E-state index in [0.29, 0.717) is 5.69 Å². The average Bonchev–Trinajstić information content (AvgIpc) is 2.76. The predicted molar refractivity (Wildman–Crippen MR) is 64.0 cm³/mol. The van der Waals surface area contributed by atoms with E-state index >= 15 is 0 Å². The van der Waals surface area contributed by atoms with Crippen molar-refractivity contribution in [1.82, 2.24) is 9.78 Å². The third-order valence-electron chi connectivity index (χ3n) is 2.25. The zero-order chi connectivity index (χ0) is 10.8. The van der Waals surface area contributed by atoms with E-state index in [1.807, 2.05) is 7.05 Å². The molecule has 2 aromatic rings. The number of thiophene rings is 1. The molecular weight excluding hydrogens is 208 g/mol. The van der Waals surface area contributed by atoms with Crippen molar-refractivity contribution in [2.45, 2.75) is 13.0 Å². The summed E-state index contributed by atoms with van der Waals surface area (Å²) in [5.41, 5.74) is 7.73. The molecule has 0 aliphatic carbocycles. The molecule has 80 valence electrons. The minimum absolute atomic E-state index is 0.230. The summed E-state index contributed by atoms with van der Waals surface area (Å²) in [6.45, 7) is 2.09. The summed E-state index contributed by atoms with van der Waals surface area (Å²) in [6, 6.07) is 2.33. The number of hydrogen-bond acceptors (Lipinski definition) is 4. The average molecular weight is 222 g/mol. The lowest BCUT2D eigenvalue weighted by atomic mass is 10.2. The van der Waals surface area contributed by atoms with Crippen LogP contribution in [0.4, 0.5) is 11.5 Å². The second-order valence-corrected chi connectivity index (χ2v) is 4.31. The molecule has 15 heavy (non-hydrogen) atoms. The third-order valence-corrected chi connectivity index (χ3v) is 2.95. The minimum Gasteiger partial charge on any atom is -0.394 e. The van der Waals surface area contributed by atoms with Crippen molar-refractivity contribution in [3.05, 3.63) is 28.6 Å². The van der Waals surface area contributed by atoms with Crippen LogP contribution in [0.5, 0.6) is 0 Å². The third kappa shape index (κ3) is 2.12. The van der Waals surface area contributed by atoms with Crippen LogP contribution in [-0.2, 0) is 7.05 Å². The summed E-state index contributed by atoms with van der Waals surface area (Å²) < 4.78 is 1.71. The van der Waals surface area contributed by atoms with Crippen LogP contribution in [0.2, 0.25) is 0 Å². The molecule has 2 rings (SSSR count). The molecule has 0 fully saturated rings. The van der Waals surface area contributed by atoms with Crippen molar-refractivity contribution >= 4 is 22.8 Å². The number of nitrogens with zero attached hydrogens (tertiary/aromatic N) is 2. The second-order valence-electron chi connectivity index (χ2n) is 3.53. The fourth-order valence-corrected chi connectivity index (χ4v) is 2.18. The first kappa shape index (κ1) is 10.0. The van der Waals surface area contributed by atoms with Crippen LogP contribution in [0.1, 0.15) is 18.5 Å². The van der Waals surface area contributed by atoms with Crippen LogP contribution in [0.15, 0.2) is 23.0 Å². The number of anilines is 2. The van der Waals surface area contributed by atoms with E-state index in [0.717, 1.165) is 5.82 Å². The van der Waals surface area contributed by atoms with Crippen molar-refractivity contribution in [2.75, 3.05) is 11.1 Å². The number of aryl methyl sites for hydroxylation is 1. The smallest absolute Gasteiger partial charge is 0.171 e. The van der Waals surface area contributed by atoms with Crippen molar-refractivity contribution in [3.8, 4) is 0 Å². The van der Waals surface area contributed by atoms with Crippen LogP contribution in [0.3, 0.4) is 0 Å². The van der Waals surface area contributed by atoms with Gasteiger partial charge in [0, 0.05) is 13.2 Å². The summed E-state index contributed by atoms with van der Waals surface area (Å²) in [7, 11) is 1.86. The molecule has 0 saturated carbocycles. The van der Waals surface area contributed by atoms with E-state index < -0.39 is 0 Å². The normalized spacial score (nSPS) is 12.7. The lowest BCUT2D eigenvalue weighted by Crippen LogP contribution is -2.07. The Bertz CT molecular complexity index is 432. The van der Waals surface area contributed by atoms with Gasteiger partial charge in [-0.25, -0.2) is 0 Å². The number of nitrogens with one attached hydrogen (secondary N) is 1. The maximum absolute atomic E-state index is 5.80. The lowest BCUT2D eigenvalue weighted by molar-refractivity contribution is 0.760. The molecule has 4 nitrogen and oxygen atoms in total. The van der Waals surface area contributed by atoms with E-state index in [4.69, 9.17) is 5.73 Å². The van der Waals surface area contributed by atoms with Crippen LogP contribution < -0.4 is 11.1 Å². The predicted octanol–water partition coefficient (Wildman–Crippen LogP) is 2.24. The van der Waals surface area contributed by atoms with Gasteiger partial charge in [0.1, 0.15) is 0 Å². The fraction of sp³-hybridized carbons (Fsp3) is 0.300. The van der Waals surface area contributed by atoms with Crippen molar-refractivity contribution < 1.29 is 0 Å². The zero-order valence-corrected chi connectivity index (χ0v) is 9.58. The SMILES string of the molecule is CC(Nc1nn(C)cc1N)c1ccsc1. The van der Waals surface area contributed by atoms with Gasteiger partial charge in [-0.05, 0) is 29.3 Å². The van der Waals surface area contributed by atoms with Gasteiger partial charge in [-0.15, -0.1) is 0 Å². The largest absolute Gasteiger partial charge is 0.394 e. The van der Waals surface area contributed by atoms with Gasteiger partial charge >= 0.3 is 0 Å². The van der Waals surface area contributed by atoms with Crippen molar-refractivity contribution in [1.29, 1.82) is 0 Å². The number of rotatable bonds is 3. The van der Waals surface area contributed by atoms with Crippen LogP contribution in [0.25, 0.3) is 0 Å². The van der Waals surface area contributed by atoms with E-state index in [-0.39, 0.29) is 6.04 Å². The number of aromatic nitrogens is 2. The number of hydrogen-bond donors (Lipinski definition) is 2. The van der Waals surface area contributed by atoms with Crippen LogP contribution in [-0.4, -0.2) is 9.78 Å². The van der Waals surface area contributed by atoms with Crippen LogP contribution in [0, 0.1) is 0 Å². The molecule has 0 amide bonds. The Morgan fingerprint density at radius 3 is 2.93 bits per heavy atom. The molecule has 0 spiro atoms. The molecule has 0 aliphatic heterocycles. The first-order valence-corrected chi connectivity index (χ1v) is 5.69. The van der Waals surface area contributed by atoms with Gasteiger partial charge in [0.05, 0.1) is 11.7 Å². The van der Waals surface area contributed by atoms with Gasteiger partial charge in [-0.2, -0.15) is 16.4 Å². The maximum Gasteiger partial charge on any atom is 0.171 e. The van der Waals surface area contributed by atoms with Gasteiger partial charge in [0.15, 0.2) is 5.82 Å². The first-order chi connectivity index (χ1) is 7.16. The Balaban J connectivity index is 2.12. The summed E-state index contributed by atoms with van der Waals surface area (Å²) in [6.07, 6.45) is 1.79. The molecule has 0 bridgehead atoms. The number of nitrogen functional groups attached to an aromatic ring is 1.